The third kappa shape index (κ3) is 4.22. The number of carbonyl (C=O) groups excluding carboxylic acids is 1. The summed E-state index contributed by atoms with van der Waals surface area (Å²) in [5.74, 6) is -1.77. The predicted octanol–water partition coefficient (Wildman–Crippen LogP) is -0.199. The third-order valence-corrected chi connectivity index (χ3v) is 2.25. The van der Waals surface area contributed by atoms with Gasteiger partial charge in [-0.3, -0.25) is 9.59 Å². The van der Waals surface area contributed by atoms with Crippen LogP contribution in [0, 0.1) is 5.92 Å². The molecule has 5 nitrogen and oxygen atoms in total. The number of aliphatic hydroxyl groups is 1. The highest BCUT2D eigenvalue weighted by atomic mass is 16.4. The molecule has 0 aromatic rings. The number of carbonyl (C=O) groups is 2. The van der Waals surface area contributed by atoms with Gasteiger partial charge in [0, 0.05) is 6.42 Å². The van der Waals surface area contributed by atoms with E-state index in [-0.39, 0.29) is 12.2 Å². The lowest BCUT2D eigenvalue weighted by molar-refractivity contribution is -0.143. The standard InChI is InChI=1S/C10H17NO4/c1-4-7(12)5-6(2)9(13)8(11-3)10(14)15/h4,6,8-9,11,13H,1,5H2,2-3H3,(H,14,15)/t6-,8+,9-/m1/s1. The molecule has 86 valence electrons. The van der Waals surface area contributed by atoms with Crippen molar-refractivity contribution in [2.75, 3.05) is 7.05 Å². The van der Waals surface area contributed by atoms with Crippen molar-refractivity contribution >= 4 is 11.8 Å². The second-order valence-electron chi connectivity index (χ2n) is 3.45. The lowest BCUT2D eigenvalue weighted by Gasteiger charge is -2.23. The highest BCUT2D eigenvalue weighted by Crippen LogP contribution is 2.12. The fraction of sp³-hybridized carbons (Fsp3) is 0.600. The molecule has 0 spiro atoms. The maximum Gasteiger partial charge on any atom is 0.323 e. The van der Waals surface area contributed by atoms with E-state index in [1.807, 2.05) is 0 Å². The average molecular weight is 215 g/mol. The molecule has 0 aliphatic heterocycles. The maximum absolute atomic E-state index is 11.0. The normalized spacial score (nSPS) is 16.5. The Morgan fingerprint density at radius 1 is 1.53 bits per heavy atom. The van der Waals surface area contributed by atoms with Crippen molar-refractivity contribution in [1.82, 2.24) is 5.32 Å². The average Bonchev–Trinajstić information content (AvgIpc) is 2.17. The first-order valence-corrected chi connectivity index (χ1v) is 4.67. The molecule has 0 unspecified atom stereocenters. The quantitative estimate of drug-likeness (QED) is 0.512. The molecule has 0 aromatic carbocycles. The van der Waals surface area contributed by atoms with Gasteiger partial charge < -0.3 is 15.5 Å². The van der Waals surface area contributed by atoms with E-state index in [0.717, 1.165) is 0 Å². The van der Waals surface area contributed by atoms with Gasteiger partial charge in [-0.2, -0.15) is 0 Å². The maximum atomic E-state index is 11.0. The number of rotatable bonds is 7. The number of aliphatic hydroxyl groups excluding tert-OH is 1. The highest BCUT2D eigenvalue weighted by molar-refractivity contribution is 5.89. The van der Waals surface area contributed by atoms with Gasteiger partial charge >= 0.3 is 5.97 Å². The summed E-state index contributed by atoms with van der Waals surface area (Å²) in [6.45, 7) is 4.93. The van der Waals surface area contributed by atoms with Crippen molar-refractivity contribution < 1.29 is 19.8 Å². The van der Waals surface area contributed by atoms with Gasteiger partial charge in [-0.25, -0.2) is 0 Å². The van der Waals surface area contributed by atoms with Gasteiger partial charge in [-0.05, 0) is 19.0 Å². The predicted molar refractivity (Wildman–Crippen MR) is 55.5 cm³/mol. The number of hydrogen-bond acceptors (Lipinski definition) is 4. The molecule has 15 heavy (non-hydrogen) atoms. The van der Waals surface area contributed by atoms with Crippen molar-refractivity contribution in [1.29, 1.82) is 0 Å². The van der Waals surface area contributed by atoms with Crippen LogP contribution >= 0.6 is 0 Å². The van der Waals surface area contributed by atoms with E-state index in [2.05, 4.69) is 11.9 Å². The molecule has 0 aliphatic rings. The molecule has 0 aliphatic carbocycles. The first-order chi connectivity index (χ1) is 6.93. The molecule has 5 heteroatoms. The van der Waals surface area contributed by atoms with E-state index in [1.165, 1.54) is 13.1 Å². The Morgan fingerprint density at radius 3 is 2.40 bits per heavy atom. The minimum atomic E-state index is -1.14. The summed E-state index contributed by atoms with van der Waals surface area (Å²) in [5, 5.41) is 20.9. The Morgan fingerprint density at radius 2 is 2.07 bits per heavy atom. The Bertz CT molecular complexity index is 252. The van der Waals surface area contributed by atoms with Crippen molar-refractivity contribution in [2.45, 2.75) is 25.5 Å². The molecule has 3 atom stereocenters. The Kier molecular flexibility index (Phi) is 5.81. The number of aliphatic carboxylic acids is 1. The van der Waals surface area contributed by atoms with Crippen LogP contribution in [0.15, 0.2) is 12.7 Å². The van der Waals surface area contributed by atoms with Crippen LogP contribution in [-0.4, -0.2) is 41.2 Å². The van der Waals surface area contributed by atoms with Gasteiger partial charge in [0.25, 0.3) is 0 Å². The number of nitrogens with one attached hydrogen (secondary N) is 1. The van der Waals surface area contributed by atoms with E-state index >= 15 is 0 Å². The monoisotopic (exact) mass is 215 g/mol. The number of carboxylic acids is 1. The van der Waals surface area contributed by atoms with E-state index in [4.69, 9.17) is 5.11 Å². The first-order valence-electron chi connectivity index (χ1n) is 4.67. The van der Waals surface area contributed by atoms with Crippen molar-refractivity contribution in [3.63, 3.8) is 0 Å². The van der Waals surface area contributed by atoms with Gasteiger partial charge in [-0.1, -0.05) is 13.5 Å². The second-order valence-corrected chi connectivity index (χ2v) is 3.45. The number of allylic oxidation sites excluding steroid dienone is 1. The lowest BCUT2D eigenvalue weighted by atomic mass is 9.93. The van der Waals surface area contributed by atoms with Crippen LogP contribution in [0.4, 0.5) is 0 Å². The summed E-state index contributed by atoms with van der Waals surface area (Å²) in [7, 11) is 1.45. The van der Waals surface area contributed by atoms with Gasteiger partial charge in [-0.15, -0.1) is 0 Å². The first kappa shape index (κ1) is 13.8. The molecule has 0 amide bonds. The zero-order valence-electron chi connectivity index (χ0n) is 8.93. The van der Waals surface area contributed by atoms with Crippen molar-refractivity contribution in [3.8, 4) is 0 Å². The zero-order chi connectivity index (χ0) is 12.0. The molecule has 0 fully saturated rings. The van der Waals surface area contributed by atoms with Crippen LogP contribution in [0.2, 0.25) is 0 Å². The molecule has 0 heterocycles. The molecule has 0 radical (unpaired) electrons. The lowest BCUT2D eigenvalue weighted by Crippen LogP contribution is -2.47. The van der Waals surface area contributed by atoms with Crippen molar-refractivity contribution in [3.05, 3.63) is 12.7 Å². The molecule has 0 aromatic heterocycles. The Hall–Kier alpha value is -1.20. The van der Waals surface area contributed by atoms with Crippen LogP contribution < -0.4 is 5.32 Å². The zero-order valence-corrected chi connectivity index (χ0v) is 8.93. The fourth-order valence-corrected chi connectivity index (χ4v) is 1.29. The van der Waals surface area contributed by atoms with Crippen LogP contribution in [0.3, 0.4) is 0 Å². The summed E-state index contributed by atoms with van der Waals surface area (Å²) in [4.78, 5) is 21.7. The van der Waals surface area contributed by atoms with E-state index in [9.17, 15) is 14.7 Å². The van der Waals surface area contributed by atoms with E-state index in [0.29, 0.717) is 0 Å². The topological polar surface area (TPSA) is 86.6 Å². The fourth-order valence-electron chi connectivity index (χ4n) is 1.29. The van der Waals surface area contributed by atoms with Crippen LogP contribution in [-0.2, 0) is 9.59 Å². The second kappa shape index (κ2) is 6.31. The van der Waals surface area contributed by atoms with Crippen LogP contribution in [0.5, 0.6) is 0 Å². The largest absolute Gasteiger partial charge is 0.480 e. The molecule has 0 rings (SSSR count). The minimum absolute atomic E-state index is 0.0934. The number of carboxylic acid groups (broad SMARTS) is 1. The Balaban J connectivity index is 4.40. The van der Waals surface area contributed by atoms with Crippen molar-refractivity contribution in [2.24, 2.45) is 5.92 Å². The number of likely N-dealkylation sites (N-methyl/N-ethyl adjacent to an activating group) is 1. The minimum Gasteiger partial charge on any atom is -0.480 e. The molecule has 0 saturated carbocycles. The summed E-state index contributed by atoms with van der Waals surface area (Å²) in [6.07, 6.45) is 0.158. The molecule has 3 N–H and O–H groups in total. The molecule has 0 bridgehead atoms. The Labute approximate surface area is 88.8 Å². The SMILES string of the molecule is C=CC(=O)C[C@@H](C)[C@@H](O)[C@H](NC)C(=O)O. The van der Waals surface area contributed by atoms with Crippen LogP contribution in [0.1, 0.15) is 13.3 Å². The van der Waals surface area contributed by atoms with Gasteiger partial charge in [0.05, 0.1) is 6.10 Å². The molecule has 0 saturated heterocycles. The summed E-state index contributed by atoms with van der Waals surface area (Å²) >= 11 is 0. The number of ketones is 1. The third-order valence-electron chi connectivity index (χ3n) is 2.25. The van der Waals surface area contributed by atoms with E-state index < -0.39 is 24.0 Å². The highest BCUT2D eigenvalue weighted by Gasteiger charge is 2.29. The van der Waals surface area contributed by atoms with Gasteiger partial charge in [0.2, 0.25) is 0 Å². The van der Waals surface area contributed by atoms with Gasteiger partial charge in [0.15, 0.2) is 5.78 Å². The number of hydrogen-bond donors (Lipinski definition) is 3. The summed E-state index contributed by atoms with van der Waals surface area (Å²) in [5.41, 5.74) is 0. The summed E-state index contributed by atoms with van der Waals surface area (Å²) < 4.78 is 0. The van der Waals surface area contributed by atoms with E-state index in [1.54, 1.807) is 6.92 Å². The molecular formula is C10H17NO4. The molecular weight excluding hydrogens is 198 g/mol. The smallest absolute Gasteiger partial charge is 0.323 e. The summed E-state index contributed by atoms with van der Waals surface area (Å²) in [6, 6.07) is -1.06. The van der Waals surface area contributed by atoms with Gasteiger partial charge in [0.1, 0.15) is 6.04 Å². The van der Waals surface area contributed by atoms with Crippen LogP contribution in [0.25, 0.3) is 0 Å².